The molecule has 1 heterocycles. The van der Waals surface area contributed by atoms with Crippen LogP contribution in [0.5, 0.6) is 0 Å². The fourth-order valence-corrected chi connectivity index (χ4v) is 2.92. The second-order valence-corrected chi connectivity index (χ2v) is 5.67. The lowest BCUT2D eigenvalue weighted by atomic mass is 10.2. The smallest absolute Gasteiger partial charge is 0.313 e. The van der Waals surface area contributed by atoms with Crippen molar-refractivity contribution in [2.45, 2.75) is 25.0 Å². The van der Waals surface area contributed by atoms with Crippen LogP contribution >= 0.6 is 11.8 Å². The third-order valence-corrected chi connectivity index (χ3v) is 4.09. The number of imidazole rings is 1. The molecule has 1 unspecified atom stereocenters. The Morgan fingerprint density at radius 3 is 2.81 bits per heavy atom. The van der Waals surface area contributed by atoms with Gasteiger partial charge in [-0.3, -0.25) is 9.59 Å². The van der Waals surface area contributed by atoms with Gasteiger partial charge in [0.15, 0.2) is 5.16 Å². The molecule has 112 valence electrons. The van der Waals surface area contributed by atoms with Gasteiger partial charge < -0.3 is 15.0 Å². The summed E-state index contributed by atoms with van der Waals surface area (Å²) in [6.45, 7) is 3.73. The van der Waals surface area contributed by atoms with Crippen molar-refractivity contribution in [3.8, 4) is 0 Å². The number of rotatable bonds is 5. The first-order valence-corrected chi connectivity index (χ1v) is 7.47. The van der Waals surface area contributed by atoms with E-state index in [4.69, 9.17) is 5.11 Å². The summed E-state index contributed by atoms with van der Waals surface area (Å²) in [5, 5.41) is 12.0. The van der Waals surface area contributed by atoms with Crippen molar-refractivity contribution < 1.29 is 14.7 Å². The number of aryl methyl sites for hydroxylation is 1. The predicted octanol–water partition coefficient (Wildman–Crippen LogP) is 1.83. The number of aliphatic carboxylic acids is 1. The van der Waals surface area contributed by atoms with Crippen LogP contribution in [0.2, 0.25) is 0 Å². The van der Waals surface area contributed by atoms with Gasteiger partial charge in [0, 0.05) is 7.05 Å². The Morgan fingerprint density at radius 2 is 2.19 bits per heavy atom. The minimum absolute atomic E-state index is 0.0945. The van der Waals surface area contributed by atoms with E-state index in [0.29, 0.717) is 5.16 Å². The maximum absolute atomic E-state index is 11.9. The standard InChI is InChI=1S/C14H17N3O3S/c1-8-4-5-10-11(6-8)17(9(2)13(20)15-3)14(16-10)21-7-12(18)19/h4-6,9H,7H2,1-3H3,(H,15,20)(H,18,19). The minimum Gasteiger partial charge on any atom is -0.481 e. The Labute approximate surface area is 126 Å². The highest BCUT2D eigenvalue weighted by Gasteiger charge is 2.21. The maximum Gasteiger partial charge on any atom is 0.313 e. The number of fused-ring (bicyclic) bond motifs is 1. The Bertz CT molecular complexity index is 696. The topological polar surface area (TPSA) is 84.2 Å². The summed E-state index contributed by atoms with van der Waals surface area (Å²) in [6.07, 6.45) is 0. The van der Waals surface area contributed by atoms with Gasteiger partial charge in [-0.1, -0.05) is 17.8 Å². The number of hydrogen-bond acceptors (Lipinski definition) is 4. The molecule has 0 saturated carbocycles. The molecule has 0 aliphatic heterocycles. The number of carboxylic acids is 1. The number of amides is 1. The van der Waals surface area contributed by atoms with Gasteiger partial charge in [-0.05, 0) is 31.5 Å². The first-order valence-electron chi connectivity index (χ1n) is 6.48. The maximum atomic E-state index is 11.9. The monoisotopic (exact) mass is 307 g/mol. The van der Waals surface area contributed by atoms with E-state index >= 15 is 0 Å². The Hall–Kier alpha value is -2.02. The molecule has 2 aromatic rings. The fourth-order valence-electron chi connectivity index (χ4n) is 2.11. The van der Waals surface area contributed by atoms with Crippen molar-refractivity contribution in [1.82, 2.24) is 14.9 Å². The average Bonchev–Trinajstić information content (AvgIpc) is 2.80. The SMILES string of the molecule is CNC(=O)C(C)n1c(SCC(=O)O)nc2ccc(C)cc21. The minimum atomic E-state index is -0.914. The van der Waals surface area contributed by atoms with Crippen molar-refractivity contribution in [2.24, 2.45) is 0 Å². The molecule has 1 aromatic heterocycles. The highest BCUT2D eigenvalue weighted by molar-refractivity contribution is 7.99. The Balaban J connectivity index is 2.55. The van der Waals surface area contributed by atoms with E-state index in [9.17, 15) is 9.59 Å². The Morgan fingerprint density at radius 1 is 1.48 bits per heavy atom. The molecule has 6 nitrogen and oxygen atoms in total. The van der Waals surface area contributed by atoms with Crippen molar-refractivity contribution in [2.75, 3.05) is 12.8 Å². The van der Waals surface area contributed by atoms with Crippen LogP contribution in [-0.2, 0) is 9.59 Å². The number of nitrogens with one attached hydrogen (secondary N) is 1. The molecule has 7 heteroatoms. The summed E-state index contributed by atoms with van der Waals surface area (Å²) in [6, 6.07) is 5.31. The summed E-state index contributed by atoms with van der Waals surface area (Å²) >= 11 is 1.12. The molecule has 1 aromatic carbocycles. The van der Waals surface area contributed by atoms with Gasteiger partial charge in [0.25, 0.3) is 0 Å². The molecule has 0 saturated heterocycles. The van der Waals surface area contributed by atoms with Crippen LogP contribution < -0.4 is 5.32 Å². The molecular weight excluding hydrogens is 290 g/mol. The Kier molecular flexibility index (Phi) is 4.52. The van der Waals surface area contributed by atoms with Gasteiger partial charge in [-0.15, -0.1) is 0 Å². The van der Waals surface area contributed by atoms with Crippen LogP contribution in [0.4, 0.5) is 0 Å². The van der Waals surface area contributed by atoms with Gasteiger partial charge in [0.05, 0.1) is 16.8 Å². The zero-order valence-electron chi connectivity index (χ0n) is 12.1. The van der Waals surface area contributed by atoms with Crippen LogP contribution in [-0.4, -0.2) is 39.3 Å². The molecule has 0 fully saturated rings. The summed E-state index contributed by atoms with van der Waals surface area (Å²) < 4.78 is 1.79. The van der Waals surface area contributed by atoms with Gasteiger partial charge in [-0.2, -0.15) is 0 Å². The number of carbonyl (C=O) groups excluding carboxylic acids is 1. The van der Waals surface area contributed by atoms with E-state index in [1.165, 1.54) is 0 Å². The molecule has 21 heavy (non-hydrogen) atoms. The van der Waals surface area contributed by atoms with Gasteiger partial charge in [0.2, 0.25) is 5.91 Å². The lowest BCUT2D eigenvalue weighted by Gasteiger charge is -2.15. The van der Waals surface area contributed by atoms with Crippen LogP contribution in [0.3, 0.4) is 0 Å². The number of likely N-dealkylation sites (N-methyl/N-ethyl adjacent to an activating group) is 1. The van der Waals surface area contributed by atoms with E-state index < -0.39 is 12.0 Å². The number of thioether (sulfide) groups is 1. The molecule has 0 radical (unpaired) electrons. The summed E-state index contributed by atoms with van der Waals surface area (Å²) in [7, 11) is 1.58. The molecule has 0 spiro atoms. The zero-order valence-corrected chi connectivity index (χ0v) is 12.9. The van der Waals surface area contributed by atoms with Crippen LogP contribution in [0, 0.1) is 6.92 Å². The number of aromatic nitrogens is 2. The summed E-state index contributed by atoms with van der Waals surface area (Å²) in [5.74, 6) is -1.15. The van der Waals surface area contributed by atoms with E-state index in [0.717, 1.165) is 28.4 Å². The van der Waals surface area contributed by atoms with Gasteiger partial charge in [0.1, 0.15) is 6.04 Å². The predicted molar refractivity (Wildman–Crippen MR) is 81.6 cm³/mol. The molecule has 0 bridgehead atoms. The third-order valence-electron chi connectivity index (χ3n) is 3.15. The number of benzene rings is 1. The van der Waals surface area contributed by atoms with E-state index in [1.807, 2.05) is 25.1 Å². The number of carbonyl (C=O) groups is 2. The second kappa shape index (κ2) is 6.17. The average molecular weight is 307 g/mol. The first kappa shape index (κ1) is 15.4. The van der Waals surface area contributed by atoms with Gasteiger partial charge >= 0.3 is 5.97 Å². The van der Waals surface area contributed by atoms with Crippen LogP contribution in [0.1, 0.15) is 18.5 Å². The first-order chi connectivity index (χ1) is 9.93. The lowest BCUT2D eigenvalue weighted by Crippen LogP contribution is -2.28. The fraction of sp³-hybridized carbons (Fsp3) is 0.357. The van der Waals surface area contributed by atoms with Crippen molar-refractivity contribution >= 4 is 34.7 Å². The van der Waals surface area contributed by atoms with Crippen molar-refractivity contribution in [3.63, 3.8) is 0 Å². The molecule has 0 aliphatic carbocycles. The third kappa shape index (κ3) is 3.18. The highest BCUT2D eigenvalue weighted by atomic mass is 32.2. The largest absolute Gasteiger partial charge is 0.481 e. The quantitative estimate of drug-likeness (QED) is 0.823. The molecule has 1 amide bonds. The number of hydrogen-bond donors (Lipinski definition) is 2. The van der Waals surface area contributed by atoms with Crippen LogP contribution in [0.25, 0.3) is 11.0 Å². The van der Waals surface area contributed by atoms with E-state index in [2.05, 4.69) is 10.3 Å². The summed E-state index contributed by atoms with van der Waals surface area (Å²) in [5.41, 5.74) is 2.64. The van der Waals surface area contributed by atoms with E-state index in [1.54, 1.807) is 18.5 Å². The second-order valence-electron chi connectivity index (χ2n) is 4.73. The van der Waals surface area contributed by atoms with Gasteiger partial charge in [-0.25, -0.2) is 4.98 Å². The molecule has 2 N–H and O–H groups in total. The molecule has 2 rings (SSSR count). The lowest BCUT2D eigenvalue weighted by molar-refractivity contribution is -0.133. The van der Waals surface area contributed by atoms with Crippen molar-refractivity contribution in [3.05, 3.63) is 23.8 Å². The molecule has 1 atom stereocenters. The van der Waals surface area contributed by atoms with E-state index in [-0.39, 0.29) is 11.7 Å². The number of carboxylic acid groups (broad SMARTS) is 1. The summed E-state index contributed by atoms with van der Waals surface area (Å²) in [4.78, 5) is 27.2. The normalized spacial score (nSPS) is 12.3. The molecular formula is C14H17N3O3S. The van der Waals surface area contributed by atoms with Crippen molar-refractivity contribution in [1.29, 1.82) is 0 Å². The highest BCUT2D eigenvalue weighted by Crippen LogP contribution is 2.28. The zero-order chi connectivity index (χ0) is 15.6. The van der Waals surface area contributed by atoms with Crippen LogP contribution in [0.15, 0.2) is 23.4 Å². The number of nitrogens with zero attached hydrogens (tertiary/aromatic N) is 2. The molecule has 0 aliphatic rings.